The summed E-state index contributed by atoms with van der Waals surface area (Å²) < 4.78 is 31.5. The first-order chi connectivity index (χ1) is 9.52. The molecule has 0 atom stereocenters. The van der Waals surface area contributed by atoms with E-state index in [2.05, 4.69) is 21.2 Å². The Hall–Kier alpha value is -1.95. The fourth-order valence-corrected chi connectivity index (χ4v) is 2.06. The van der Waals surface area contributed by atoms with Gasteiger partial charge < -0.3 is 10.1 Å². The highest BCUT2D eigenvalue weighted by molar-refractivity contribution is 9.10. The molecule has 0 unspecified atom stereocenters. The standard InChI is InChI=1S/C14H10BrF2NO2/c1-20-12-7-8(5-6-10(12)16)18-14(19)9-3-2-4-11(17)13(9)15/h2-7H,1H3,(H,18,19). The number of methoxy groups -OCH3 is 1. The van der Waals surface area contributed by atoms with E-state index in [0.29, 0.717) is 5.69 Å². The molecule has 0 saturated heterocycles. The van der Waals surface area contributed by atoms with Gasteiger partial charge in [0.1, 0.15) is 5.82 Å². The van der Waals surface area contributed by atoms with E-state index in [4.69, 9.17) is 4.74 Å². The van der Waals surface area contributed by atoms with Crippen molar-refractivity contribution in [1.82, 2.24) is 0 Å². The molecule has 0 aliphatic rings. The summed E-state index contributed by atoms with van der Waals surface area (Å²) in [5, 5.41) is 2.55. The summed E-state index contributed by atoms with van der Waals surface area (Å²) in [6, 6.07) is 8.06. The first kappa shape index (κ1) is 14.5. The molecule has 104 valence electrons. The van der Waals surface area contributed by atoms with Crippen molar-refractivity contribution in [1.29, 1.82) is 0 Å². The summed E-state index contributed by atoms with van der Waals surface area (Å²) in [5.74, 6) is -1.56. The molecule has 2 rings (SSSR count). The molecule has 1 amide bonds. The highest BCUT2D eigenvalue weighted by Crippen LogP contribution is 2.24. The zero-order valence-electron chi connectivity index (χ0n) is 10.4. The van der Waals surface area contributed by atoms with Crippen LogP contribution >= 0.6 is 15.9 Å². The van der Waals surface area contributed by atoms with E-state index < -0.39 is 17.5 Å². The van der Waals surface area contributed by atoms with Crippen LogP contribution in [-0.4, -0.2) is 13.0 Å². The molecule has 3 nitrogen and oxygen atoms in total. The van der Waals surface area contributed by atoms with E-state index in [-0.39, 0.29) is 15.8 Å². The number of hydrogen-bond donors (Lipinski definition) is 1. The number of anilines is 1. The number of nitrogens with one attached hydrogen (secondary N) is 1. The molecule has 0 bridgehead atoms. The first-order valence-electron chi connectivity index (χ1n) is 5.62. The molecule has 0 saturated carbocycles. The lowest BCUT2D eigenvalue weighted by Gasteiger charge is -2.09. The van der Waals surface area contributed by atoms with E-state index in [9.17, 15) is 13.6 Å². The quantitative estimate of drug-likeness (QED) is 0.916. The van der Waals surface area contributed by atoms with Crippen LogP contribution in [0.15, 0.2) is 40.9 Å². The molecule has 0 aromatic heterocycles. The third-order valence-electron chi connectivity index (χ3n) is 2.61. The monoisotopic (exact) mass is 341 g/mol. The molecular formula is C14H10BrF2NO2. The zero-order valence-corrected chi connectivity index (χ0v) is 12.0. The van der Waals surface area contributed by atoms with Gasteiger partial charge >= 0.3 is 0 Å². The molecule has 20 heavy (non-hydrogen) atoms. The molecule has 0 aliphatic heterocycles. The fraction of sp³-hybridized carbons (Fsp3) is 0.0714. The lowest BCUT2D eigenvalue weighted by molar-refractivity contribution is 0.102. The van der Waals surface area contributed by atoms with Gasteiger partial charge in [-0.2, -0.15) is 0 Å². The highest BCUT2D eigenvalue weighted by Gasteiger charge is 2.14. The highest BCUT2D eigenvalue weighted by atomic mass is 79.9. The van der Waals surface area contributed by atoms with Crippen LogP contribution in [0.2, 0.25) is 0 Å². The Kier molecular flexibility index (Phi) is 4.34. The number of carbonyl (C=O) groups excluding carboxylic acids is 1. The fourth-order valence-electron chi connectivity index (χ4n) is 1.62. The van der Waals surface area contributed by atoms with E-state index in [0.717, 1.165) is 0 Å². The SMILES string of the molecule is COc1cc(NC(=O)c2cccc(F)c2Br)ccc1F. The van der Waals surface area contributed by atoms with Gasteiger partial charge in [-0.05, 0) is 40.2 Å². The summed E-state index contributed by atoms with van der Waals surface area (Å²) in [7, 11) is 1.33. The predicted octanol–water partition coefficient (Wildman–Crippen LogP) is 3.99. The molecular weight excluding hydrogens is 332 g/mol. The van der Waals surface area contributed by atoms with Gasteiger partial charge in [0.05, 0.1) is 17.1 Å². The Morgan fingerprint density at radius 1 is 1.20 bits per heavy atom. The normalized spacial score (nSPS) is 10.2. The van der Waals surface area contributed by atoms with E-state index >= 15 is 0 Å². The minimum absolute atomic E-state index is 0.0149. The van der Waals surface area contributed by atoms with Crippen molar-refractivity contribution in [2.24, 2.45) is 0 Å². The number of halogens is 3. The van der Waals surface area contributed by atoms with Crippen molar-refractivity contribution in [3.8, 4) is 5.75 Å². The Bertz CT molecular complexity index is 662. The van der Waals surface area contributed by atoms with Crippen molar-refractivity contribution < 1.29 is 18.3 Å². The van der Waals surface area contributed by atoms with Crippen molar-refractivity contribution in [3.05, 3.63) is 58.1 Å². The molecule has 0 fully saturated rings. The van der Waals surface area contributed by atoms with Crippen LogP contribution in [0.1, 0.15) is 10.4 Å². The maximum atomic E-state index is 13.4. The number of ether oxygens (including phenoxy) is 1. The average Bonchev–Trinajstić information content (AvgIpc) is 2.43. The van der Waals surface area contributed by atoms with Gasteiger partial charge in [0.15, 0.2) is 11.6 Å². The topological polar surface area (TPSA) is 38.3 Å². The smallest absolute Gasteiger partial charge is 0.256 e. The van der Waals surface area contributed by atoms with Crippen LogP contribution in [0, 0.1) is 11.6 Å². The minimum Gasteiger partial charge on any atom is -0.494 e. The number of hydrogen-bond acceptors (Lipinski definition) is 2. The lowest BCUT2D eigenvalue weighted by atomic mass is 10.2. The van der Waals surface area contributed by atoms with Gasteiger partial charge in [0, 0.05) is 11.8 Å². The van der Waals surface area contributed by atoms with Gasteiger partial charge in [-0.3, -0.25) is 4.79 Å². The molecule has 0 heterocycles. The second-order valence-electron chi connectivity index (χ2n) is 3.90. The van der Waals surface area contributed by atoms with Crippen LogP contribution in [0.3, 0.4) is 0 Å². The third kappa shape index (κ3) is 2.96. The van der Waals surface area contributed by atoms with E-state index in [1.54, 1.807) is 0 Å². The number of amides is 1. The van der Waals surface area contributed by atoms with Gasteiger partial charge in [0.2, 0.25) is 0 Å². The van der Waals surface area contributed by atoms with Gasteiger partial charge in [-0.1, -0.05) is 6.07 Å². The Labute approximate surface area is 122 Å². The van der Waals surface area contributed by atoms with Crippen LogP contribution in [0.25, 0.3) is 0 Å². The molecule has 2 aromatic carbocycles. The summed E-state index contributed by atoms with van der Waals surface area (Å²) in [6.45, 7) is 0. The lowest BCUT2D eigenvalue weighted by Crippen LogP contribution is -2.13. The third-order valence-corrected chi connectivity index (χ3v) is 3.41. The van der Waals surface area contributed by atoms with E-state index in [1.165, 1.54) is 43.5 Å². The average molecular weight is 342 g/mol. The largest absolute Gasteiger partial charge is 0.494 e. The first-order valence-corrected chi connectivity index (χ1v) is 6.41. The molecule has 6 heteroatoms. The Balaban J connectivity index is 2.26. The number of carbonyl (C=O) groups is 1. The Morgan fingerprint density at radius 3 is 2.65 bits per heavy atom. The minimum atomic E-state index is -0.533. The summed E-state index contributed by atoms with van der Waals surface area (Å²) in [6.07, 6.45) is 0. The predicted molar refractivity (Wildman–Crippen MR) is 75.0 cm³/mol. The van der Waals surface area contributed by atoms with Crippen LogP contribution in [0.5, 0.6) is 5.75 Å². The molecule has 0 aliphatic carbocycles. The molecule has 2 aromatic rings. The zero-order chi connectivity index (χ0) is 14.7. The molecule has 0 spiro atoms. The number of rotatable bonds is 3. The van der Waals surface area contributed by atoms with Crippen LogP contribution < -0.4 is 10.1 Å². The maximum Gasteiger partial charge on any atom is 0.256 e. The second kappa shape index (κ2) is 6.00. The van der Waals surface area contributed by atoms with Gasteiger partial charge in [-0.25, -0.2) is 8.78 Å². The summed E-state index contributed by atoms with van der Waals surface area (Å²) in [4.78, 5) is 12.0. The number of benzene rings is 2. The van der Waals surface area contributed by atoms with E-state index in [1.807, 2.05) is 0 Å². The Morgan fingerprint density at radius 2 is 1.95 bits per heavy atom. The molecule has 1 N–H and O–H groups in total. The van der Waals surface area contributed by atoms with Crippen molar-refractivity contribution in [2.45, 2.75) is 0 Å². The maximum absolute atomic E-state index is 13.4. The van der Waals surface area contributed by atoms with Gasteiger partial charge in [-0.15, -0.1) is 0 Å². The summed E-state index contributed by atoms with van der Waals surface area (Å²) >= 11 is 3.01. The second-order valence-corrected chi connectivity index (χ2v) is 4.70. The van der Waals surface area contributed by atoms with Crippen LogP contribution in [-0.2, 0) is 0 Å². The van der Waals surface area contributed by atoms with Crippen LogP contribution in [0.4, 0.5) is 14.5 Å². The molecule has 0 radical (unpaired) electrons. The summed E-state index contributed by atoms with van der Waals surface area (Å²) in [5.41, 5.74) is 0.498. The van der Waals surface area contributed by atoms with Crippen molar-refractivity contribution in [3.63, 3.8) is 0 Å². The van der Waals surface area contributed by atoms with Crippen molar-refractivity contribution >= 4 is 27.5 Å². The van der Waals surface area contributed by atoms with Crippen molar-refractivity contribution in [2.75, 3.05) is 12.4 Å². The van der Waals surface area contributed by atoms with Gasteiger partial charge in [0.25, 0.3) is 5.91 Å².